The molecular formula is C12H12ClN5. The lowest BCUT2D eigenvalue weighted by atomic mass is 10.2. The lowest BCUT2D eigenvalue weighted by molar-refractivity contribution is 0.765. The number of nitrogen functional groups attached to an aromatic ring is 1. The molecule has 1 aromatic heterocycles. The first kappa shape index (κ1) is 12.3. The lowest BCUT2D eigenvalue weighted by Gasteiger charge is -2.09. The molecule has 0 unspecified atom stereocenters. The standard InChI is InChI=1S/C12H12ClN5/c1-7-11(15)12(18(2)17-7)16-10-5-8(6-14)3-4-9(10)13/h3-5,16H,15H2,1-2H3. The Hall–Kier alpha value is -2.19. The first-order valence-electron chi connectivity index (χ1n) is 5.28. The zero-order chi connectivity index (χ0) is 13.3. The molecule has 5 nitrogen and oxygen atoms in total. The molecule has 0 atom stereocenters. The van der Waals surface area contributed by atoms with Gasteiger partial charge in [-0.1, -0.05) is 11.6 Å². The topological polar surface area (TPSA) is 79.7 Å². The van der Waals surface area contributed by atoms with E-state index in [4.69, 9.17) is 22.6 Å². The van der Waals surface area contributed by atoms with Gasteiger partial charge in [-0.15, -0.1) is 0 Å². The van der Waals surface area contributed by atoms with Crippen molar-refractivity contribution in [1.82, 2.24) is 9.78 Å². The Balaban J connectivity index is 2.43. The van der Waals surface area contributed by atoms with Crippen LogP contribution in [0, 0.1) is 18.3 Å². The van der Waals surface area contributed by atoms with Crippen LogP contribution in [0.1, 0.15) is 11.3 Å². The molecule has 2 aromatic rings. The minimum atomic E-state index is 0.521. The molecule has 0 aliphatic rings. The predicted octanol–water partition coefficient (Wildman–Crippen LogP) is 2.58. The van der Waals surface area contributed by atoms with E-state index in [-0.39, 0.29) is 0 Å². The van der Waals surface area contributed by atoms with Crippen molar-refractivity contribution < 1.29 is 0 Å². The second kappa shape index (κ2) is 4.59. The molecule has 3 N–H and O–H groups in total. The van der Waals surface area contributed by atoms with E-state index >= 15 is 0 Å². The normalized spacial score (nSPS) is 10.1. The highest BCUT2D eigenvalue weighted by Crippen LogP contribution is 2.30. The molecule has 0 fully saturated rings. The average molecular weight is 262 g/mol. The quantitative estimate of drug-likeness (QED) is 0.871. The third kappa shape index (κ3) is 2.11. The zero-order valence-electron chi connectivity index (χ0n) is 10.0. The van der Waals surface area contributed by atoms with Gasteiger partial charge in [-0.05, 0) is 25.1 Å². The SMILES string of the molecule is Cc1nn(C)c(Nc2cc(C#N)ccc2Cl)c1N. The Morgan fingerprint density at radius 1 is 1.50 bits per heavy atom. The summed E-state index contributed by atoms with van der Waals surface area (Å²) in [6.45, 7) is 1.83. The van der Waals surface area contributed by atoms with Gasteiger partial charge in [0.05, 0.1) is 33.7 Å². The van der Waals surface area contributed by atoms with Gasteiger partial charge in [0.2, 0.25) is 0 Å². The molecule has 0 saturated carbocycles. The van der Waals surface area contributed by atoms with Crippen molar-refractivity contribution in [2.45, 2.75) is 6.92 Å². The number of nitrogens with two attached hydrogens (primary N) is 1. The molecule has 0 aliphatic carbocycles. The van der Waals surface area contributed by atoms with Gasteiger partial charge in [0.15, 0.2) is 5.82 Å². The maximum absolute atomic E-state index is 8.87. The number of hydrogen-bond acceptors (Lipinski definition) is 4. The van der Waals surface area contributed by atoms with Crippen LogP contribution in [0.3, 0.4) is 0 Å². The van der Waals surface area contributed by atoms with Crippen LogP contribution in [0.4, 0.5) is 17.2 Å². The molecule has 2 rings (SSSR count). The number of halogens is 1. The van der Waals surface area contributed by atoms with Crippen molar-refractivity contribution in [1.29, 1.82) is 5.26 Å². The molecule has 0 radical (unpaired) electrons. The average Bonchev–Trinajstić information content (AvgIpc) is 2.58. The number of rotatable bonds is 2. The predicted molar refractivity (Wildman–Crippen MR) is 71.8 cm³/mol. The van der Waals surface area contributed by atoms with Gasteiger partial charge >= 0.3 is 0 Å². The number of benzene rings is 1. The zero-order valence-corrected chi connectivity index (χ0v) is 10.8. The van der Waals surface area contributed by atoms with Crippen LogP contribution in [0.15, 0.2) is 18.2 Å². The van der Waals surface area contributed by atoms with E-state index < -0.39 is 0 Å². The van der Waals surface area contributed by atoms with Crippen LogP contribution in [0.2, 0.25) is 5.02 Å². The fraction of sp³-hybridized carbons (Fsp3) is 0.167. The summed E-state index contributed by atoms with van der Waals surface area (Å²) < 4.78 is 1.64. The first-order chi connectivity index (χ1) is 8.52. The minimum absolute atomic E-state index is 0.521. The molecule has 0 bridgehead atoms. The monoisotopic (exact) mass is 261 g/mol. The maximum atomic E-state index is 8.87. The summed E-state index contributed by atoms with van der Waals surface area (Å²) >= 11 is 6.07. The summed E-state index contributed by atoms with van der Waals surface area (Å²) in [5, 5.41) is 16.7. The highest BCUT2D eigenvalue weighted by atomic mass is 35.5. The van der Waals surface area contributed by atoms with Crippen LogP contribution >= 0.6 is 11.6 Å². The van der Waals surface area contributed by atoms with E-state index in [1.54, 1.807) is 29.9 Å². The van der Waals surface area contributed by atoms with Crippen molar-refractivity contribution in [2.24, 2.45) is 7.05 Å². The fourth-order valence-corrected chi connectivity index (χ4v) is 1.81. The van der Waals surface area contributed by atoms with Crippen LogP contribution in [0.5, 0.6) is 0 Å². The van der Waals surface area contributed by atoms with E-state index in [0.717, 1.165) is 5.69 Å². The third-order valence-electron chi connectivity index (χ3n) is 2.62. The number of nitriles is 1. The van der Waals surface area contributed by atoms with E-state index in [0.29, 0.717) is 27.8 Å². The smallest absolute Gasteiger partial charge is 0.152 e. The molecule has 0 spiro atoms. The van der Waals surface area contributed by atoms with Gasteiger partial charge in [-0.3, -0.25) is 4.68 Å². The Labute approximate surface area is 110 Å². The number of anilines is 3. The molecule has 92 valence electrons. The molecule has 0 amide bonds. The van der Waals surface area contributed by atoms with Gasteiger partial charge < -0.3 is 11.1 Å². The van der Waals surface area contributed by atoms with Gasteiger partial charge in [-0.2, -0.15) is 10.4 Å². The summed E-state index contributed by atoms with van der Waals surface area (Å²) in [6, 6.07) is 7.06. The number of nitrogens with zero attached hydrogens (tertiary/aromatic N) is 3. The summed E-state index contributed by atoms with van der Waals surface area (Å²) in [7, 11) is 1.79. The molecule has 0 saturated heterocycles. The van der Waals surface area contributed by atoms with E-state index in [9.17, 15) is 0 Å². The van der Waals surface area contributed by atoms with Gasteiger partial charge in [0.1, 0.15) is 0 Å². The largest absolute Gasteiger partial charge is 0.394 e. The maximum Gasteiger partial charge on any atom is 0.152 e. The number of hydrogen-bond donors (Lipinski definition) is 2. The van der Waals surface area contributed by atoms with Crippen LogP contribution in [-0.2, 0) is 7.05 Å². The Morgan fingerprint density at radius 3 is 2.78 bits per heavy atom. The van der Waals surface area contributed by atoms with Gasteiger partial charge in [0.25, 0.3) is 0 Å². The Kier molecular flexibility index (Phi) is 3.13. The number of aromatic nitrogens is 2. The fourth-order valence-electron chi connectivity index (χ4n) is 1.64. The third-order valence-corrected chi connectivity index (χ3v) is 2.95. The van der Waals surface area contributed by atoms with Gasteiger partial charge in [-0.25, -0.2) is 0 Å². The number of nitrogens with one attached hydrogen (secondary N) is 1. The Bertz CT molecular complexity index is 639. The Morgan fingerprint density at radius 2 is 2.22 bits per heavy atom. The van der Waals surface area contributed by atoms with Crippen molar-refractivity contribution in [3.8, 4) is 6.07 Å². The van der Waals surface area contributed by atoms with Crippen molar-refractivity contribution >= 4 is 28.8 Å². The van der Waals surface area contributed by atoms with Gasteiger partial charge in [0, 0.05) is 7.05 Å². The summed E-state index contributed by atoms with van der Waals surface area (Å²) in [5.41, 5.74) is 8.38. The van der Waals surface area contributed by atoms with Crippen LogP contribution in [-0.4, -0.2) is 9.78 Å². The highest BCUT2D eigenvalue weighted by molar-refractivity contribution is 6.33. The van der Waals surface area contributed by atoms with Crippen LogP contribution in [0.25, 0.3) is 0 Å². The molecule has 1 aromatic carbocycles. The lowest BCUT2D eigenvalue weighted by Crippen LogP contribution is -2.02. The minimum Gasteiger partial charge on any atom is -0.394 e. The van der Waals surface area contributed by atoms with Crippen LogP contribution < -0.4 is 11.1 Å². The van der Waals surface area contributed by atoms with E-state index in [2.05, 4.69) is 16.5 Å². The summed E-state index contributed by atoms with van der Waals surface area (Å²) in [6.07, 6.45) is 0. The van der Waals surface area contributed by atoms with E-state index in [1.807, 2.05) is 6.92 Å². The van der Waals surface area contributed by atoms with Crippen molar-refractivity contribution in [3.63, 3.8) is 0 Å². The molecule has 18 heavy (non-hydrogen) atoms. The first-order valence-corrected chi connectivity index (χ1v) is 5.66. The molecule has 1 heterocycles. The summed E-state index contributed by atoms with van der Waals surface area (Å²) in [5.74, 6) is 0.657. The number of aryl methyl sites for hydroxylation is 2. The molecule has 0 aliphatic heterocycles. The molecular weight excluding hydrogens is 250 g/mol. The second-order valence-electron chi connectivity index (χ2n) is 3.90. The second-order valence-corrected chi connectivity index (χ2v) is 4.31. The molecule has 6 heteroatoms. The highest BCUT2D eigenvalue weighted by Gasteiger charge is 2.11. The van der Waals surface area contributed by atoms with Crippen molar-refractivity contribution in [3.05, 3.63) is 34.5 Å². The van der Waals surface area contributed by atoms with E-state index in [1.165, 1.54) is 0 Å². The van der Waals surface area contributed by atoms with Crippen molar-refractivity contribution in [2.75, 3.05) is 11.1 Å². The summed E-state index contributed by atoms with van der Waals surface area (Å²) in [4.78, 5) is 0.